The predicted molar refractivity (Wildman–Crippen MR) is 85.0 cm³/mol. The summed E-state index contributed by atoms with van der Waals surface area (Å²) in [5, 5.41) is 9.58. The van der Waals surface area contributed by atoms with Crippen molar-refractivity contribution in [3.05, 3.63) is 51.6 Å². The second-order valence-electron chi connectivity index (χ2n) is 5.49. The molecule has 2 aromatic rings. The Morgan fingerprint density at radius 2 is 1.56 bits per heavy atom. The van der Waals surface area contributed by atoms with Gasteiger partial charge in [0.25, 0.3) is 0 Å². The van der Waals surface area contributed by atoms with E-state index < -0.39 is 0 Å². The van der Waals surface area contributed by atoms with Crippen LogP contribution in [0.25, 0.3) is 11.1 Å². The van der Waals surface area contributed by atoms with Crippen LogP contribution in [-0.2, 0) is 5.41 Å². The number of phenols is 1. The molecule has 0 aliphatic carbocycles. The summed E-state index contributed by atoms with van der Waals surface area (Å²) < 4.78 is 1.15. The van der Waals surface area contributed by atoms with Crippen LogP contribution in [-0.4, -0.2) is 5.11 Å². The average Bonchev–Trinajstić information content (AvgIpc) is 2.31. The Kier molecular flexibility index (Phi) is 3.66. The summed E-state index contributed by atoms with van der Waals surface area (Å²) in [6.45, 7) is 6.63. The normalized spacial score (nSPS) is 11.6. The van der Waals surface area contributed by atoms with Crippen LogP contribution in [0.5, 0.6) is 5.75 Å². The van der Waals surface area contributed by atoms with Crippen LogP contribution in [0, 0.1) is 3.57 Å². The zero-order valence-electron chi connectivity index (χ0n) is 10.9. The largest absolute Gasteiger partial charge is 0.508 e. The minimum Gasteiger partial charge on any atom is -0.508 e. The number of phenolic OH excluding ortho intramolecular Hbond substituents is 1. The Morgan fingerprint density at radius 3 is 2.11 bits per heavy atom. The van der Waals surface area contributed by atoms with E-state index in [1.165, 1.54) is 5.56 Å². The Hall–Kier alpha value is -1.03. The van der Waals surface area contributed by atoms with Gasteiger partial charge < -0.3 is 5.11 Å². The predicted octanol–water partition coefficient (Wildman–Crippen LogP) is 4.96. The van der Waals surface area contributed by atoms with E-state index >= 15 is 0 Å². The number of rotatable bonds is 1. The summed E-state index contributed by atoms with van der Waals surface area (Å²) in [7, 11) is 0. The van der Waals surface area contributed by atoms with E-state index in [-0.39, 0.29) is 5.41 Å². The molecule has 0 spiro atoms. The van der Waals surface area contributed by atoms with Crippen molar-refractivity contribution in [3.63, 3.8) is 0 Å². The average molecular weight is 352 g/mol. The van der Waals surface area contributed by atoms with Gasteiger partial charge in [0.1, 0.15) is 5.75 Å². The fourth-order valence-corrected chi connectivity index (χ4v) is 2.53. The van der Waals surface area contributed by atoms with Gasteiger partial charge in [-0.1, -0.05) is 45.0 Å². The molecule has 0 aromatic heterocycles. The lowest BCUT2D eigenvalue weighted by molar-refractivity contribution is 0.475. The molecule has 0 amide bonds. The lowest BCUT2D eigenvalue weighted by Gasteiger charge is -2.19. The molecule has 18 heavy (non-hydrogen) atoms. The molecule has 0 aliphatic rings. The first-order valence-corrected chi connectivity index (χ1v) is 7.05. The molecule has 94 valence electrons. The van der Waals surface area contributed by atoms with E-state index in [4.69, 9.17) is 0 Å². The molecule has 0 aliphatic heterocycles. The fraction of sp³-hybridized carbons (Fsp3) is 0.250. The first-order valence-electron chi connectivity index (χ1n) is 5.97. The Balaban J connectivity index is 2.43. The number of aromatic hydroxyl groups is 1. The molecule has 1 N–H and O–H groups in total. The van der Waals surface area contributed by atoms with Crippen LogP contribution in [0.2, 0.25) is 0 Å². The molecule has 2 aromatic carbocycles. The molecule has 2 rings (SSSR count). The SMILES string of the molecule is CC(C)(C)c1ccc(-c2cc(O)ccc2I)cc1. The van der Waals surface area contributed by atoms with Gasteiger partial charge in [-0.15, -0.1) is 0 Å². The van der Waals surface area contributed by atoms with E-state index in [9.17, 15) is 5.11 Å². The molecule has 0 fully saturated rings. The van der Waals surface area contributed by atoms with E-state index in [1.807, 2.05) is 12.1 Å². The quantitative estimate of drug-likeness (QED) is 0.719. The van der Waals surface area contributed by atoms with E-state index in [0.29, 0.717) is 5.75 Å². The molecular formula is C16H17IO. The highest BCUT2D eigenvalue weighted by Crippen LogP contribution is 2.30. The Labute approximate surface area is 122 Å². The van der Waals surface area contributed by atoms with E-state index in [2.05, 4.69) is 67.6 Å². The van der Waals surface area contributed by atoms with Gasteiger partial charge >= 0.3 is 0 Å². The lowest BCUT2D eigenvalue weighted by atomic mass is 9.86. The van der Waals surface area contributed by atoms with Gasteiger partial charge in [-0.3, -0.25) is 0 Å². The lowest BCUT2D eigenvalue weighted by Crippen LogP contribution is -2.10. The van der Waals surface area contributed by atoms with Crippen LogP contribution < -0.4 is 0 Å². The van der Waals surface area contributed by atoms with Crippen molar-refractivity contribution in [1.29, 1.82) is 0 Å². The van der Waals surface area contributed by atoms with Gasteiger partial charge in [0.05, 0.1) is 0 Å². The minimum absolute atomic E-state index is 0.171. The molecule has 0 atom stereocenters. The summed E-state index contributed by atoms with van der Waals surface area (Å²) in [6, 6.07) is 14.0. The third kappa shape index (κ3) is 2.86. The van der Waals surface area contributed by atoms with Crippen LogP contribution in [0.3, 0.4) is 0 Å². The molecule has 0 heterocycles. The maximum absolute atomic E-state index is 9.58. The highest BCUT2D eigenvalue weighted by atomic mass is 127. The molecule has 1 nitrogen and oxygen atoms in total. The van der Waals surface area contributed by atoms with Crippen molar-refractivity contribution >= 4 is 22.6 Å². The minimum atomic E-state index is 0.171. The standard InChI is InChI=1S/C16H17IO/c1-16(2,3)12-6-4-11(5-7-12)14-10-13(18)8-9-15(14)17/h4-10,18H,1-3H3. The van der Waals surface area contributed by atoms with Crippen molar-refractivity contribution in [2.45, 2.75) is 26.2 Å². The molecule has 0 unspecified atom stereocenters. The first kappa shape index (κ1) is 13.4. The number of hydrogen-bond donors (Lipinski definition) is 1. The second kappa shape index (κ2) is 4.92. The van der Waals surface area contributed by atoms with Gasteiger partial charge in [0.15, 0.2) is 0 Å². The molecule has 2 heteroatoms. The number of benzene rings is 2. The highest BCUT2D eigenvalue weighted by Gasteiger charge is 2.13. The first-order chi connectivity index (χ1) is 8.38. The topological polar surface area (TPSA) is 20.2 Å². The van der Waals surface area contributed by atoms with Crippen LogP contribution in [0.15, 0.2) is 42.5 Å². The second-order valence-corrected chi connectivity index (χ2v) is 6.65. The highest BCUT2D eigenvalue weighted by molar-refractivity contribution is 14.1. The third-order valence-corrected chi connectivity index (χ3v) is 3.95. The summed E-state index contributed by atoms with van der Waals surface area (Å²) in [4.78, 5) is 0. The maximum atomic E-state index is 9.58. The van der Waals surface area contributed by atoms with Gasteiger partial charge in [0, 0.05) is 3.57 Å². The third-order valence-electron chi connectivity index (χ3n) is 3.01. The van der Waals surface area contributed by atoms with Crippen LogP contribution in [0.1, 0.15) is 26.3 Å². The maximum Gasteiger partial charge on any atom is 0.116 e. The summed E-state index contributed by atoms with van der Waals surface area (Å²) in [5.41, 5.74) is 3.71. The van der Waals surface area contributed by atoms with Crippen molar-refractivity contribution in [2.75, 3.05) is 0 Å². The van der Waals surface area contributed by atoms with Crippen molar-refractivity contribution in [3.8, 4) is 16.9 Å². The Morgan fingerprint density at radius 1 is 0.944 bits per heavy atom. The summed E-state index contributed by atoms with van der Waals surface area (Å²) in [5.74, 6) is 0.310. The zero-order chi connectivity index (χ0) is 13.3. The fourth-order valence-electron chi connectivity index (χ4n) is 1.88. The van der Waals surface area contributed by atoms with Gasteiger partial charge in [-0.05, 0) is 62.9 Å². The zero-order valence-corrected chi connectivity index (χ0v) is 13.0. The van der Waals surface area contributed by atoms with E-state index in [1.54, 1.807) is 6.07 Å². The monoisotopic (exact) mass is 352 g/mol. The number of hydrogen-bond acceptors (Lipinski definition) is 1. The van der Waals surface area contributed by atoms with Gasteiger partial charge in [-0.25, -0.2) is 0 Å². The van der Waals surface area contributed by atoms with Crippen LogP contribution >= 0.6 is 22.6 Å². The summed E-state index contributed by atoms with van der Waals surface area (Å²) >= 11 is 2.29. The van der Waals surface area contributed by atoms with Crippen molar-refractivity contribution in [2.24, 2.45) is 0 Å². The molecule has 0 saturated carbocycles. The number of halogens is 1. The van der Waals surface area contributed by atoms with Crippen molar-refractivity contribution < 1.29 is 5.11 Å². The molecular weight excluding hydrogens is 335 g/mol. The van der Waals surface area contributed by atoms with E-state index in [0.717, 1.165) is 14.7 Å². The smallest absolute Gasteiger partial charge is 0.116 e. The molecule has 0 radical (unpaired) electrons. The molecule has 0 bridgehead atoms. The summed E-state index contributed by atoms with van der Waals surface area (Å²) in [6.07, 6.45) is 0. The Bertz CT molecular complexity index is 550. The van der Waals surface area contributed by atoms with Gasteiger partial charge in [0.2, 0.25) is 0 Å². The van der Waals surface area contributed by atoms with Crippen LogP contribution in [0.4, 0.5) is 0 Å². The van der Waals surface area contributed by atoms with Crippen molar-refractivity contribution in [1.82, 2.24) is 0 Å². The van der Waals surface area contributed by atoms with Gasteiger partial charge in [-0.2, -0.15) is 0 Å². The molecule has 0 saturated heterocycles.